The van der Waals surface area contributed by atoms with Crippen LogP contribution in [0.4, 0.5) is 0 Å². The van der Waals surface area contributed by atoms with Gasteiger partial charge in [-0.2, -0.15) is 13.6 Å². The Hall–Kier alpha value is -3.84. The highest BCUT2D eigenvalue weighted by molar-refractivity contribution is 7.84. The molecule has 4 rings (SSSR count). The molecule has 0 saturated carbocycles. The Labute approximate surface area is 182 Å². The Balaban J connectivity index is 2.04. The van der Waals surface area contributed by atoms with Crippen LogP contribution < -0.4 is 14.1 Å². The second kappa shape index (κ2) is 7.69. The molecule has 0 bridgehead atoms. The maximum absolute atomic E-state index is 11.6. The molecule has 168 valence electrons. The third-order valence-corrected chi connectivity index (χ3v) is 5.04. The molecule has 0 aliphatic carbocycles. The van der Waals surface area contributed by atoms with E-state index < -0.39 is 16.3 Å². The van der Waals surface area contributed by atoms with Gasteiger partial charge in [0.15, 0.2) is 17.3 Å². The molecule has 0 spiro atoms. The van der Waals surface area contributed by atoms with Crippen molar-refractivity contribution in [3.63, 3.8) is 0 Å². The number of imidazole rings is 1. The number of aromatic nitrogens is 5. The van der Waals surface area contributed by atoms with Gasteiger partial charge in [0, 0.05) is 12.0 Å². The fourth-order valence-electron chi connectivity index (χ4n) is 3.21. The third-order valence-electron chi connectivity index (χ3n) is 4.66. The van der Waals surface area contributed by atoms with Gasteiger partial charge in [-0.15, -0.1) is 5.10 Å². The molecule has 0 unspecified atom stereocenters. The van der Waals surface area contributed by atoms with Crippen molar-refractivity contribution in [2.24, 2.45) is 5.14 Å². The van der Waals surface area contributed by atoms with Crippen LogP contribution in [0.25, 0.3) is 28.1 Å². The number of nitrogens with zero attached hydrogens (tertiary/aromatic N) is 4. The average molecular weight is 460 g/mol. The molecule has 0 saturated heterocycles. The molecule has 0 aliphatic heterocycles. The first-order valence-corrected chi connectivity index (χ1v) is 10.8. The van der Waals surface area contributed by atoms with Gasteiger partial charge in [0.25, 0.3) is 0 Å². The van der Waals surface area contributed by atoms with E-state index >= 15 is 0 Å². The largest absolute Gasteiger partial charge is 0.507 e. The van der Waals surface area contributed by atoms with Crippen LogP contribution in [0.2, 0.25) is 0 Å². The monoisotopic (exact) mass is 460 g/mol. The SMILES string of the molecule is COc1cc(-c2nnc(OS(N)(=O)=O)n2-c2cccc3[nH]c(C(C)C)nc23)c(O)cc1O. The number of benzene rings is 2. The van der Waals surface area contributed by atoms with Gasteiger partial charge in [-0.25, -0.2) is 9.55 Å². The van der Waals surface area contributed by atoms with Gasteiger partial charge >= 0.3 is 16.3 Å². The molecule has 2 aromatic heterocycles. The number of rotatable bonds is 6. The van der Waals surface area contributed by atoms with E-state index in [1.54, 1.807) is 12.1 Å². The van der Waals surface area contributed by atoms with E-state index in [1.807, 2.05) is 19.9 Å². The number of aromatic amines is 1. The number of nitrogens with two attached hydrogens (primary N) is 1. The van der Waals surface area contributed by atoms with Gasteiger partial charge < -0.3 is 24.1 Å². The number of H-pyrrole nitrogens is 1. The molecular formula is C19H20N6O6S. The normalized spacial score (nSPS) is 11.9. The summed E-state index contributed by atoms with van der Waals surface area (Å²) < 4.78 is 34.5. The first kappa shape index (κ1) is 21.4. The number of nitrogens with one attached hydrogen (secondary N) is 1. The fraction of sp³-hybridized carbons (Fsp3) is 0.211. The molecule has 0 fully saturated rings. The Morgan fingerprint density at radius 1 is 1.16 bits per heavy atom. The van der Waals surface area contributed by atoms with E-state index in [9.17, 15) is 18.6 Å². The van der Waals surface area contributed by atoms with E-state index in [-0.39, 0.29) is 34.6 Å². The summed E-state index contributed by atoms with van der Waals surface area (Å²) in [4.78, 5) is 7.83. The van der Waals surface area contributed by atoms with Crippen molar-refractivity contribution in [2.75, 3.05) is 7.11 Å². The fourth-order valence-corrected chi connectivity index (χ4v) is 3.53. The predicted octanol–water partition coefficient (Wildman–Crippen LogP) is 1.94. The topological polar surface area (TPSA) is 178 Å². The number of fused-ring (bicyclic) bond motifs is 1. The highest BCUT2D eigenvalue weighted by Crippen LogP contribution is 2.40. The second-order valence-electron chi connectivity index (χ2n) is 7.21. The van der Waals surface area contributed by atoms with Gasteiger partial charge in [0.1, 0.15) is 17.1 Å². The zero-order valence-corrected chi connectivity index (χ0v) is 18.1. The molecule has 2 aromatic carbocycles. The summed E-state index contributed by atoms with van der Waals surface area (Å²) in [6, 6.07) is 7.13. The lowest BCUT2D eigenvalue weighted by Crippen LogP contribution is -2.21. The molecule has 32 heavy (non-hydrogen) atoms. The first-order chi connectivity index (χ1) is 15.1. The van der Waals surface area contributed by atoms with Gasteiger partial charge in [0.05, 0.1) is 23.9 Å². The van der Waals surface area contributed by atoms with Crippen LogP contribution in [0.15, 0.2) is 30.3 Å². The summed E-state index contributed by atoms with van der Waals surface area (Å²) in [5.74, 6) is 0.224. The molecule has 0 atom stereocenters. The summed E-state index contributed by atoms with van der Waals surface area (Å²) in [6.07, 6.45) is 0. The minimum absolute atomic E-state index is 0.000969. The van der Waals surface area contributed by atoms with Crippen molar-refractivity contribution in [3.8, 4) is 40.3 Å². The van der Waals surface area contributed by atoms with Gasteiger partial charge in [-0.1, -0.05) is 25.0 Å². The highest BCUT2D eigenvalue weighted by Gasteiger charge is 2.25. The average Bonchev–Trinajstić information content (AvgIpc) is 3.31. The molecule has 12 nitrogen and oxygen atoms in total. The highest BCUT2D eigenvalue weighted by atomic mass is 32.2. The number of methoxy groups -OCH3 is 1. The van der Waals surface area contributed by atoms with Crippen molar-refractivity contribution in [1.82, 2.24) is 24.7 Å². The van der Waals surface area contributed by atoms with Gasteiger partial charge in [0.2, 0.25) is 0 Å². The molecule has 4 aromatic rings. The number of hydrogen-bond donors (Lipinski definition) is 4. The number of phenolic OH excluding ortho intramolecular Hbond substituents is 2. The first-order valence-electron chi connectivity index (χ1n) is 9.36. The molecule has 13 heteroatoms. The predicted molar refractivity (Wildman–Crippen MR) is 114 cm³/mol. The summed E-state index contributed by atoms with van der Waals surface area (Å²) in [5.41, 5.74) is 1.63. The van der Waals surface area contributed by atoms with E-state index in [4.69, 9.17) is 14.1 Å². The van der Waals surface area contributed by atoms with Crippen LogP contribution in [-0.2, 0) is 10.3 Å². The van der Waals surface area contributed by atoms with Crippen molar-refractivity contribution in [2.45, 2.75) is 19.8 Å². The molecule has 0 radical (unpaired) electrons. The van der Waals surface area contributed by atoms with Crippen LogP contribution in [0.1, 0.15) is 25.6 Å². The standard InChI is InChI=1S/C19H20N6O6S/c1-9(2)17-21-11-5-4-6-12(16(11)22-17)25-18(23-24-19(25)31-32(20,28)29)10-7-15(30-3)14(27)8-13(10)26/h4-9,26-27H,1-3H3,(H,21,22)(H2,20,28,29). The Morgan fingerprint density at radius 2 is 1.91 bits per heavy atom. The lowest BCUT2D eigenvalue weighted by atomic mass is 10.1. The second-order valence-corrected chi connectivity index (χ2v) is 8.36. The van der Waals surface area contributed by atoms with Crippen LogP contribution in [0, 0.1) is 0 Å². The lowest BCUT2D eigenvalue weighted by Gasteiger charge is -2.12. The van der Waals surface area contributed by atoms with Crippen molar-refractivity contribution < 1.29 is 27.6 Å². The van der Waals surface area contributed by atoms with Crippen molar-refractivity contribution in [3.05, 3.63) is 36.2 Å². The van der Waals surface area contributed by atoms with E-state index in [0.717, 1.165) is 6.07 Å². The molecular weight excluding hydrogens is 440 g/mol. The van der Waals surface area contributed by atoms with Gasteiger partial charge in [-0.05, 0) is 18.2 Å². The van der Waals surface area contributed by atoms with Crippen molar-refractivity contribution >= 4 is 21.3 Å². The minimum atomic E-state index is -4.45. The van der Waals surface area contributed by atoms with Gasteiger partial charge in [-0.3, -0.25) is 0 Å². The number of ether oxygens (including phenoxy) is 1. The number of aromatic hydroxyl groups is 2. The Kier molecular flexibility index (Phi) is 5.14. The minimum Gasteiger partial charge on any atom is -0.507 e. The van der Waals surface area contributed by atoms with Crippen molar-refractivity contribution in [1.29, 1.82) is 0 Å². The van der Waals surface area contributed by atoms with Crippen LogP contribution in [0.3, 0.4) is 0 Å². The van der Waals surface area contributed by atoms with E-state index in [1.165, 1.54) is 17.7 Å². The number of hydrogen-bond acceptors (Lipinski definition) is 9. The summed E-state index contributed by atoms with van der Waals surface area (Å²) in [5, 5.41) is 33.3. The summed E-state index contributed by atoms with van der Waals surface area (Å²) in [6.45, 7) is 3.94. The lowest BCUT2D eigenvalue weighted by molar-refractivity contribution is 0.370. The van der Waals surface area contributed by atoms with Crippen LogP contribution in [-0.4, -0.2) is 50.5 Å². The quantitative estimate of drug-likeness (QED) is 0.334. The maximum Gasteiger partial charge on any atom is 0.382 e. The Bertz CT molecular complexity index is 1430. The third kappa shape index (κ3) is 3.78. The zero-order valence-electron chi connectivity index (χ0n) is 17.3. The summed E-state index contributed by atoms with van der Waals surface area (Å²) >= 11 is 0. The molecule has 0 aliphatic rings. The van der Waals surface area contributed by atoms with E-state index in [0.29, 0.717) is 22.5 Å². The number of phenols is 2. The molecule has 5 N–H and O–H groups in total. The number of para-hydroxylation sites is 1. The molecule has 0 amide bonds. The van der Waals surface area contributed by atoms with Crippen LogP contribution >= 0.6 is 0 Å². The molecule has 2 heterocycles. The smallest absolute Gasteiger partial charge is 0.382 e. The summed E-state index contributed by atoms with van der Waals surface area (Å²) in [7, 11) is -3.11. The maximum atomic E-state index is 11.6. The van der Waals surface area contributed by atoms with E-state index in [2.05, 4.69) is 20.2 Å². The van der Waals surface area contributed by atoms with Crippen LogP contribution in [0.5, 0.6) is 23.3 Å². The zero-order chi connectivity index (χ0) is 23.2. The Morgan fingerprint density at radius 3 is 2.56 bits per heavy atom.